The van der Waals surface area contributed by atoms with Gasteiger partial charge in [0.1, 0.15) is 11.9 Å². The van der Waals surface area contributed by atoms with Crippen LogP contribution in [0.1, 0.15) is 43.6 Å². The molecule has 0 bridgehead atoms. The Labute approximate surface area is 147 Å². The number of hydrogen-bond donors (Lipinski definition) is 0. The number of hydrogen-bond acceptors (Lipinski definition) is 5. The molecule has 1 aromatic rings. The number of nitrogens with zero attached hydrogens (tertiary/aromatic N) is 4. The maximum atomic E-state index is 12.7. The lowest BCUT2D eigenvalue weighted by Gasteiger charge is -2.23. The summed E-state index contributed by atoms with van der Waals surface area (Å²) >= 11 is 0. The zero-order valence-electron chi connectivity index (χ0n) is 14.7. The molecular formula is C18H26N4O3. The summed E-state index contributed by atoms with van der Waals surface area (Å²) in [4.78, 5) is 34.1. The first-order chi connectivity index (χ1) is 12.2. The van der Waals surface area contributed by atoms with Gasteiger partial charge in [-0.1, -0.05) is 0 Å². The van der Waals surface area contributed by atoms with Crippen LogP contribution in [-0.4, -0.2) is 57.6 Å². The van der Waals surface area contributed by atoms with Crippen LogP contribution in [0.15, 0.2) is 10.9 Å². The Morgan fingerprint density at radius 1 is 1.16 bits per heavy atom. The van der Waals surface area contributed by atoms with Crippen molar-refractivity contribution >= 4 is 5.91 Å². The highest BCUT2D eigenvalue weighted by Gasteiger charge is 2.30. The molecule has 4 rings (SSSR count). The number of carbonyl (C=O) groups excluding carboxylic acids is 1. The zero-order chi connectivity index (χ0) is 17.2. The summed E-state index contributed by atoms with van der Waals surface area (Å²) in [5.41, 5.74) is 0.829. The Bertz CT molecular complexity index is 690. The molecular weight excluding hydrogens is 320 g/mol. The van der Waals surface area contributed by atoms with Gasteiger partial charge in [0.25, 0.3) is 11.5 Å². The predicted octanol–water partition coefficient (Wildman–Crippen LogP) is 0.750. The van der Waals surface area contributed by atoms with Crippen molar-refractivity contribution in [1.29, 1.82) is 0 Å². The highest BCUT2D eigenvalue weighted by Crippen LogP contribution is 2.18. The van der Waals surface area contributed by atoms with Crippen molar-refractivity contribution in [1.82, 2.24) is 19.4 Å². The molecule has 2 fully saturated rings. The Kier molecular flexibility index (Phi) is 4.85. The molecule has 4 heterocycles. The third kappa shape index (κ3) is 3.62. The summed E-state index contributed by atoms with van der Waals surface area (Å²) in [6.45, 7) is 5.22. The molecule has 1 amide bonds. The van der Waals surface area contributed by atoms with Crippen molar-refractivity contribution in [2.24, 2.45) is 0 Å². The Morgan fingerprint density at radius 3 is 2.76 bits per heavy atom. The van der Waals surface area contributed by atoms with Gasteiger partial charge in [0.15, 0.2) is 0 Å². The van der Waals surface area contributed by atoms with E-state index in [9.17, 15) is 9.59 Å². The van der Waals surface area contributed by atoms with E-state index >= 15 is 0 Å². The van der Waals surface area contributed by atoms with Crippen molar-refractivity contribution < 1.29 is 9.53 Å². The first-order valence-electron chi connectivity index (χ1n) is 9.43. The van der Waals surface area contributed by atoms with Gasteiger partial charge in [-0.2, -0.15) is 0 Å². The van der Waals surface area contributed by atoms with Crippen LogP contribution in [0.4, 0.5) is 0 Å². The molecule has 1 atom stereocenters. The number of fused-ring (bicyclic) bond motifs is 1. The largest absolute Gasteiger partial charge is 0.368 e. The lowest BCUT2D eigenvalue weighted by molar-refractivity contribution is -0.141. The van der Waals surface area contributed by atoms with E-state index in [-0.39, 0.29) is 17.6 Å². The van der Waals surface area contributed by atoms with Crippen LogP contribution in [0, 0.1) is 0 Å². The Balaban J connectivity index is 1.55. The second kappa shape index (κ2) is 7.25. The number of ether oxygens (including phenoxy) is 1. The molecule has 3 aliphatic heterocycles. The molecule has 3 aliphatic rings. The van der Waals surface area contributed by atoms with Crippen molar-refractivity contribution in [3.05, 3.63) is 27.9 Å². The first kappa shape index (κ1) is 16.7. The van der Waals surface area contributed by atoms with E-state index in [1.165, 1.54) is 12.8 Å². The van der Waals surface area contributed by atoms with Gasteiger partial charge >= 0.3 is 0 Å². The lowest BCUT2D eigenvalue weighted by atomic mass is 10.2. The molecule has 0 unspecified atom stereocenters. The van der Waals surface area contributed by atoms with Crippen molar-refractivity contribution in [2.45, 2.75) is 57.8 Å². The molecule has 25 heavy (non-hydrogen) atoms. The fraction of sp³-hybridized carbons (Fsp3) is 0.722. The number of amides is 1. The van der Waals surface area contributed by atoms with E-state index in [0.29, 0.717) is 32.1 Å². The smallest absolute Gasteiger partial charge is 0.253 e. The standard InChI is InChI=1S/C18H26N4O3/c23-17-11-14(12-20-6-1-2-7-20)19-16-13-21(8-4-9-22(16)17)18(24)15-5-3-10-25-15/h11,15H,1-10,12-13H2/t15-/m1/s1. The number of rotatable bonds is 3. The van der Waals surface area contributed by atoms with E-state index < -0.39 is 0 Å². The topological polar surface area (TPSA) is 67.7 Å². The van der Waals surface area contributed by atoms with Gasteiger partial charge in [-0.25, -0.2) is 4.98 Å². The van der Waals surface area contributed by atoms with Crippen LogP contribution in [0.25, 0.3) is 0 Å². The normalized spacial score (nSPS) is 24.3. The van der Waals surface area contributed by atoms with E-state index in [0.717, 1.165) is 44.6 Å². The highest BCUT2D eigenvalue weighted by atomic mass is 16.5. The summed E-state index contributed by atoms with van der Waals surface area (Å²) in [5.74, 6) is 0.760. The second-order valence-electron chi connectivity index (χ2n) is 7.25. The molecule has 136 valence electrons. The fourth-order valence-electron chi connectivity index (χ4n) is 4.05. The molecule has 0 aromatic carbocycles. The Morgan fingerprint density at radius 2 is 2.00 bits per heavy atom. The lowest BCUT2D eigenvalue weighted by Crippen LogP contribution is -2.39. The predicted molar refractivity (Wildman–Crippen MR) is 92.0 cm³/mol. The van der Waals surface area contributed by atoms with Gasteiger partial charge in [-0.3, -0.25) is 19.1 Å². The molecule has 7 nitrogen and oxygen atoms in total. The number of carbonyl (C=O) groups is 1. The monoisotopic (exact) mass is 346 g/mol. The maximum Gasteiger partial charge on any atom is 0.253 e. The van der Waals surface area contributed by atoms with E-state index in [2.05, 4.69) is 4.90 Å². The van der Waals surface area contributed by atoms with E-state index in [4.69, 9.17) is 9.72 Å². The highest BCUT2D eigenvalue weighted by molar-refractivity contribution is 5.81. The quantitative estimate of drug-likeness (QED) is 0.808. The van der Waals surface area contributed by atoms with E-state index in [1.807, 2.05) is 4.90 Å². The minimum Gasteiger partial charge on any atom is -0.368 e. The number of likely N-dealkylation sites (tertiary alicyclic amines) is 1. The molecule has 7 heteroatoms. The third-order valence-electron chi connectivity index (χ3n) is 5.38. The zero-order valence-corrected chi connectivity index (χ0v) is 14.7. The summed E-state index contributed by atoms with van der Waals surface area (Å²) in [7, 11) is 0. The summed E-state index contributed by atoms with van der Waals surface area (Å²) in [5, 5.41) is 0. The van der Waals surface area contributed by atoms with Gasteiger partial charge in [-0.15, -0.1) is 0 Å². The molecule has 0 saturated carbocycles. The Hall–Kier alpha value is -1.73. The van der Waals surface area contributed by atoms with Gasteiger partial charge in [0.05, 0.1) is 12.2 Å². The van der Waals surface area contributed by atoms with Gasteiger partial charge < -0.3 is 9.64 Å². The molecule has 0 aliphatic carbocycles. The van der Waals surface area contributed by atoms with Crippen LogP contribution in [0.2, 0.25) is 0 Å². The molecule has 0 spiro atoms. The van der Waals surface area contributed by atoms with Gasteiger partial charge in [-0.05, 0) is 45.2 Å². The summed E-state index contributed by atoms with van der Waals surface area (Å²) in [6.07, 6.45) is 4.63. The van der Waals surface area contributed by atoms with Gasteiger partial charge in [0, 0.05) is 32.3 Å². The SMILES string of the molecule is O=C([C@H]1CCCO1)N1CCCn2c(nc(CN3CCCC3)cc2=O)C1. The summed E-state index contributed by atoms with van der Waals surface area (Å²) in [6, 6.07) is 1.67. The molecule has 1 aromatic heterocycles. The van der Waals surface area contributed by atoms with Crippen LogP contribution in [0.3, 0.4) is 0 Å². The van der Waals surface area contributed by atoms with Crippen molar-refractivity contribution in [3.8, 4) is 0 Å². The van der Waals surface area contributed by atoms with Crippen molar-refractivity contribution in [3.63, 3.8) is 0 Å². The third-order valence-corrected chi connectivity index (χ3v) is 5.38. The molecule has 0 radical (unpaired) electrons. The van der Waals surface area contributed by atoms with Gasteiger partial charge in [0.2, 0.25) is 0 Å². The van der Waals surface area contributed by atoms with Crippen LogP contribution >= 0.6 is 0 Å². The minimum atomic E-state index is -0.314. The molecule has 2 saturated heterocycles. The first-order valence-corrected chi connectivity index (χ1v) is 9.43. The van der Waals surface area contributed by atoms with Crippen molar-refractivity contribution in [2.75, 3.05) is 26.2 Å². The minimum absolute atomic E-state index is 0.00520. The molecule has 0 N–H and O–H groups in total. The second-order valence-corrected chi connectivity index (χ2v) is 7.25. The average molecular weight is 346 g/mol. The summed E-state index contributed by atoms with van der Waals surface area (Å²) < 4.78 is 7.28. The fourth-order valence-corrected chi connectivity index (χ4v) is 4.05. The number of aromatic nitrogens is 2. The van der Waals surface area contributed by atoms with Crippen LogP contribution < -0.4 is 5.56 Å². The van der Waals surface area contributed by atoms with E-state index in [1.54, 1.807) is 10.6 Å². The van der Waals surface area contributed by atoms with Crippen LogP contribution in [-0.2, 0) is 29.2 Å². The van der Waals surface area contributed by atoms with Crippen LogP contribution in [0.5, 0.6) is 0 Å². The maximum absolute atomic E-state index is 12.7. The average Bonchev–Trinajstić information content (AvgIpc) is 3.25.